The van der Waals surface area contributed by atoms with Crippen molar-refractivity contribution in [1.29, 1.82) is 0 Å². The molecule has 122 valence electrons. The van der Waals surface area contributed by atoms with E-state index in [1.165, 1.54) is 19.1 Å². The Balaban J connectivity index is 2.25. The fraction of sp³-hybridized carbons (Fsp3) is 0.438. The van der Waals surface area contributed by atoms with Gasteiger partial charge in [0.15, 0.2) is 0 Å². The normalized spacial score (nSPS) is 27.3. The van der Waals surface area contributed by atoms with Gasteiger partial charge in [-0.05, 0) is 38.0 Å². The molecule has 1 amide bonds. The molecule has 1 heterocycles. The summed E-state index contributed by atoms with van der Waals surface area (Å²) in [6.45, 7) is 1.27. The van der Waals surface area contributed by atoms with E-state index in [-0.39, 0.29) is 22.2 Å². The first-order valence-electron chi connectivity index (χ1n) is 7.11. The van der Waals surface area contributed by atoms with Crippen LogP contribution in [0.5, 0.6) is 0 Å². The number of carbonyl (C=O) groups excluding carboxylic acids is 1. The number of rotatable bonds is 0. The molecule has 0 unspecified atom stereocenters. The number of amides is 1. The van der Waals surface area contributed by atoms with Gasteiger partial charge >= 0.3 is 6.18 Å². The molecule has 23 heavy (non-hydrogen) atoms. The first kappa shape index (κ1) is 16.2. The summed E-state index contributed by atoms with van der Waals surface area (Å²) >= 11 is 5.87. The first-order valence-corrected chi connectivity index (χ1v) is 7.49. The van der Waals surface area contributed by atoms with Crippen LogP contribution in [-0.4, -0.2) is 18.2 Å². The largest absolute Gasteiger partial charge is 0.433 e. The van der Waals surface area contributed by atoms with Crippen LogP contribution in [0.4, 0.5) is 18.9 Å². The van der Waals surface area contributed by atoms with Crippen LogP contribution in [0.15, 0.2) is 18.2 Å². The number of alkyl halides is 3. The molecule has 0 bridgehead atoms. The molecule has 3 rings (SSSR count). The third-order valence-electron chi connectivity index (χ3n) is 3.77. The van der Waals surface area contributed by atoms with Crippen LogP contribution in [-0.2, 0) is 15.1 Å². The van der Waals surface area contributed by atoms with E-state index in [9.17, 15) is 18.0 Å². The minimum atomic E-state index is -4.82. The van der Waals surface area contributed by atoms with Crippen LogP contribution >= 0.6 is 11.6 Å². The second-order valence-electron chi connectivity index (χ2n) is 5.66. The molecule has 2 atom stereocenters. The molecule has 7 heteroatoms. The van der Waals surface area contributed by atoms with E-state index in [1.807, 2.05) is 0 Å². The fourth-order valence-electron chi connectivity index (χ4n) is 2.35. The molecule has 0 saturated heterocycles. The third-order valence-corrected chi connectivity index (χ3v) is 4.01. The second kappa shape index (κ2) is 5.43. The van der Waals surface area contributed by atoms with Gasteiger partial charge in [0.05, 0.1) is 0 Å². The van der Waals surface area contributed by atoms with Crippen molar-refractivity contribution in [2.24, 2.45) is 5.92 Å². The van der Waals surface area contributed by atoms with Crippen LogP contribution in [0.2, 0.25) is 5.02 Å². The van der Waals surface area contributed by atoms with E-state index in [0.29, 0.717) is 0 Å². The lowest BCUT2D eigenvalue weighted by atomic mass is 9.91. The summed E-state index contributed by atoms with van der Waals surface area (Å²) in [5.41, 5.74) is -3.16. The number of ether oxygens (including phenoxy) is 1. The maximum absolute atomic E-state index is 13.9. The molecule has 0 spiro atoms. The summed E-state index contributed by atoms with van der Waals surface area (Å²) in [6, 6.07) is 3.88. The zero-order valence-electron chi connectivity index (χ0n) is 12.1. The highest BCUT2D eigenvalue weighted by Crippen LogP contribution is 2.48. The number of carbonyl (C=O) groups is 1. The minimum Gasteiger partial charge on any atom is -0.337 e. The van der Waals surface area contributed by atoms with Crippen molar-refractivity contribution in [1.82, 2.24) is 0 Å². The zero-order chi connectivity index (χ0) is 16.8. The van der Waals surface area contributed by atoms with Crippen LogP contribution < -0.4 is 5.32 Å². The SMILES string of the molecule is C[C@@H]1O[C@@](C#CC2CC2)(C(F)(F)F)c2cc(Cl)ccc2NC1=O. The topological polar surface area (TPSA) is 38.3 Å². The van der Waals surface area contributed by atoms with E-state index >= 15 is 0 Å². The monoisotopic (exact) mass is 343 g/mol. The van der Waals surface area contributed by atoms with Gasteiger partial charge in [0.1, 0.15) is 6.10 Å². The van der Waals surface area contributed by atoms with Gasteiger partial charge in [-0.15, -0.1) is 0 Å². The molecule has 0 aromatic heterocycles. The Hall–Kier alpha value is -1.71. The predicted octanol–water partition coefficient (Wildman–Crippen LogP) is 3.87. The standard InChI is InChI=1S/C16H13ClF3NO2/c1-9-14(22)21-13-5-4-11(17)8-12(13)15(23-9,16(18,19)20)7-6-10-2-3-10/h4-5,8-10H,2-3H2,1H3,(H,21,22)/t9-,15+/m0/s1. The Morgan fingerprint density at radius 1 is 1.39 bits per heavy atom. The van der Waals surface area contributed by atoms with Gasteiger partial charge in [-0.1, -0.05) is 23.4 Å². The smallest absolute Gasteiger partial charge is 0.337 e. The molecule has 1 N–H and O–H groups in total. The highest BCUT2D eigenvalue weighted by Gasteiger charge is 2.60. The Morgan fingerprint density at radius 2 is 2.09 bits per heavy atom. The van der Waals surface area contributed by atoms with E-state index in [4.69, 9.17) is 16.3 Å². The predicted molar refractivity (Wildman–Crippen MR) is 78.9 cm³/mol. The van der Waals surface area contributed by atoms with Gasteiger partial charge < -0.3 is 10.1 Å². The van der Waals surface area contributed by atoms with Crippen LogP contribution in [0.1, 0.15) is 25.3 Å². The number of hydrogen-bond acceptors (Lipinski definition) is 2. The second-order valence-corrected chi connectivity index (χ2v) is 6.10. The lowest BCUT2D eigenvalue weighted by Crippen LogP contribution is -2.46. The summed E-state index contributed by atoms with van der Waals surface area (Å²) in [7, 11) is 0. The quantitative estimate of drug-likeness (QED) is 0.726. The first-order chi connectivity index (χ1) is 10.7. The summed E-state index contributed by atoms with van der Waals surface area (Å²) in [4.78, 5) is 11.9. The van der Waals surface area contributed by atoms with E-state index in [1.54, 1.807) is 0 Å². The summed E-state index contributed by atoms with van der Waals surface area (Å²) in [5.74, 6) is 4.17. The molecule has 1 aliphatic carbocycles. The molecule has 1 aliphatic heterocycles. The van der Waals surface area contributed by atoms with Crippen molar-refractivity contribution in [3.8, 4) is 11.8 Å². The van der Waals surface area contributed by atoms with E-state index in [0.717, 1.165) is 18.9 Å². The maximum atomic E-state index is 13.9. The highest BCUT2D eigenvalue weighted by molar-refractivity contribution is 6.30. The molecule has 1 aromatic carbocycles. The number of anilines is 1. The molecule has 2 aliphatic rings. The van der Waals surface area contributed by atoms with Gasteiger partial charge in [-0.3, -0.25) is 4.79 Å². The molecule has 1 aromatic rings. The minimum absolute atomic E-state index is 0.00571. The average Bonchev–Trinajstić information content (AvgIpc) is 3.27. The van der Waals surface area contributed by atoms with Gasteiger partial charge in [0.2, 0.25) is 0 Å². The number of nitrogens with one attached hydrogen (secondary N) is 1. The maximum Gasteiger partial charge on any atom is 0.433 e. The molecule has 3 nitrogen and oxygen atoms in total. The van der Waals surface area contributed by atoms with Crippen LogP contribution in [0, 0.1) is 17.8 Å². The number of hydrogen-bond donors (Lipinski definition) is 1. The number of fused-ring (bicyclic) bond motifs is 1. The van der Waals surface area contributed by atoms with Gasteiger partial charge in [0, 0.05) is 22.2 Å². The molecular formula is C16H13ClF3NO2. The molecule has 0 radical (unpaired) electrons. The number of halogens is 4. The van der Waals surface area contributed by atoms with Crippen LogP contribution in [0.25, 0.3) is 0 Å². The van der Waals surface area contributed by atoms with Crippen molar-refractivity contribution >= 4 is 23.2 Å². The molecule has 1 fully saturated rings. The van der Waals surface area contributed by atoms with Crippen molar-refractivity contribution in [2.75, 3.05) is 5.32 Å². The zero-order valence-corrected chi connectivity index (χ0v) is 12.9. The molecule has 1 saturated carbocycles. The van der Waals surface area contributed by atoms with Gasteiger partial charge in [-0.25, -0.2) is 0 Å². The molecular weight excluding hydrogens is 331 g/mol. The summed E-state index contributed by atoms with van der Waals surface area (Å²) in [6.07, 6.45) is -4.59. The van der Waals surface area contributed by atoms with E-state index < -0.39 is 23.8 Å². The van der Waals surface area contributed by atoms with Crippen molar-refractivity contribution < 1.29 is 22.7 Å². The van der Waals surface area contributed by atoms with Crippen molar-refractivity contribution in [3.05, 3.63) is 28.8 Å². The van der Waals surface area contributed by atoms with Crippen molar-refractivity contribution in [2.45, 2.75) is 37.6 Å². The average molecular weight is 344 g/mol. The van der Waals surface area contributed by atoms with E-state index in [2.05, 4.69) is 17.2 Å². The number of benzene rings is 1. The third kappa shape index (κ3) is 2.91. The lowest BCUT2D eigenvalue weighted by molar-refractivity contribution is -0.266. The fourth-order valence-corrected chi connectivity index (χ4v) is 2.52. The van der Waals surface area contributed by atoms with Crippen molar-refractivity contribution in [3.63, 3.8) is 0 Å². The van der Waals surface area contributed by atoms with Crippen LogP contribution in [0.3, 0.4) is 0 Å². The van der Waals surface area contributed by atoms with Gasteiger partial charge in [0.25, 0.3) is 11.5 Å². The lowest BCUT2D eigenvalue weighted by Gasteiger charge is -2.32. The Morgan fingerprint density at radius 3 is 2.70 bits per heavy atom. The summed E-state index contributed by atoms with van der Waals surface area (Å²) in [5, 5.41) is 2.55. The Bertz CT molecular complexity index is 718. The Kier molecular flexibility index (Phi) is 3.81. The highest BCUT2D eigenvalue weighted by atomic mass is 35.5. The van der Waals surface area contributed by atoms with Gasteiger partial charge in [-0.2, -0.15) is 13.2 Å². The summed E-state index contributed by atoms with van der Waals surface area (Å²) < 4.78 is 47.0. The Labute approximate surface area is 136 Å².